The van der Waals surface area contributed by atoms with Crippen molar-refractivity contribution in [3.8, 4) is 0 Å². The third kappa shape index (κ3) is 3.81. The molecule has 21 heavy (non-hydrogen) atoms. The Labute approximate surface area is 139 Å². The highest BCUT2D eigenvalue weighted by atomic mass is 35.5. The van der Waals surface area contributed by atoms with Crippen molar-refractivity contribution in [2.75, 3.05) is 31.1 Å². The van der Waals surface area contributed by atoms with Crippen molar-refractivity contribution in [3.63, 3.8) is 0 Å². The lowest BCUT2D eigenvalue weighted by atomic mass is 9.76. The molecule has 0 bridgehead atoms. The summed E-state index contributed by atoms with van der Waals surface area (Å²) in [5.41, 5.74) is 2.94. The minimum absolute atomic E-state index is 0. The zero-order valence-corrected chi connectivity index (χ0v) is 14.3. The molecule has 0 radical (unpaired) electrons. The van der Waals surface area contributed by atoms with Gasteiger partial charge in [-0.05, 0) is 45.4 Å². The molecule has 0 saturated carbocycles. The molecular formula is C15H25Cl2N3O. The Morgan fingerprint density at radius 3 is 2.57 bits per heavy atom. The van der Waals surface area contributed by atoms with Crippen molar-refractivity contribution in [1.29, 1.82) is 0 Å². The number of pyridine rings is 1. The first kappa shape index (κ1) is 18.5. The maximum absolute atomic E-state index is 10.7. The number of hydrogen-bond acceptors (Lipinski definition) is 4. The van der Waals surface area contributed by atoms with E-state index in [2.05, 4.69) is 27.3 Å². The SMILES string of the molecule is Cc1cc(N2CC[C@@]3(O)CCNC[C@H]3C2)cc(C)n1.Cl.Cl. The summed E-state index contributed by atoms with van der Waals surface area (Å²) in [5, 5.41) is 14.1. The van der Waals surface area contributed by atoms with Crippen LogP contribution in [0.5, 0.6) is 0 Å². The van der Waals surface area contributed by atoms with Crippen LogP contribution >= 0.6 is 24.8 Å². The molecule has 4 nitrogen and oxygen atoms in total. The zero-order chi connectivity index (χ0) is 13.5. The fourth-order valence-electron chi connectivity index (χ4n) is 3.45. The van der Waals surface area contributed by atoms with E-state index in [1.165, 1.54) is 5.69 Å². The van der Waals surface area contributed by atoms with Gasteiger partial charge in [-0.2, -0.15) is 0 Å². The number of nitrogens with zero attached hydrogens (tertiary/aromatic N) is 2. The molecule has 2 aliphatic heterocycles. The Morgan fingerprint density at radius 1 is 1.24 bits per heavy atom. The summed E-state index contributed by atoms with van der Waals surface area (Å²) in [6, 6.07) is 4.29. The van der Waals surface area contributed by atoms with Gasteiger partial charge in [0, 0.05) is 42.6 Å². The van der Waals surface area contributed by atoms with Gasteiger partial charge in [0.2, 0.25) is 0 Å². The van der Waals surface area contributed by atoms with Crippen LogP contribution < -0.4 is 10.2 Å². The van der Waals surface area contributed by atoms with Gasteiger partial charge in [-0.3, -0.25) is 4.98 Å². The first-order valence-corrected chi connectivity index (χ1v) is 7.20. The van der Waals surface area contributed by atoms with Crippen molar-refractivity contribution >= 4 is 30.5 Å². The predicted molar refractivity (Wildman–Crippen MR) is 91.0 cm³/mol. The molecule has 0 unspecified atom stereocenters. The first-order chi connectivity index (χ1) is 9.07. The summed E-state index contributed by atoms with van der Waals surface area (Å²) < 4.78 is 0. The second-order valence-corrected chi connectivity index (χ2v) is 6.06. The third-order valence-electron chi connectivity index (χ3n) is 4.57. The van der Waals surface area contributed by atoms with Crippen LogP contribution in [0.4, 0.5) is 5.69 Å². The number of anilines is 1. The van der Waals surface area contributed by atoms with Crippen LogP contribution in [0.2, 0.25) is 0 Å². The molecule has 0 aromatic carbocycles. The molecule has 120 valence electrons. The van der Waals surface area contributed by atoms with E-state index < -0.39 is 5.60 Å². The number of nitrogens with one attached hydrogen (secondary N) is 1. The molecule has 2 N–H and O–H groups in total. The van der Waals surface area contributed by atoms with E-state index in [-0.39, 0.29) is 24.8 Å². The van der Waals surface area contributed by atoms with Crippen LogP contribution in [-0.4, -0.2) is 41.9 Å². The Bertz CT molecular complexity index is 466. The van der Waals surface area contributed by atoms with Crippen LogP contribution in [0.25, 0.3) is 0 Å². The van der Waals surface area contributed by atoms with Crippen LogP contribution in [0.15, 0.2) is 12.1 Å². The lowest BCUT2D eigenvalue weighted by Crippen LogP contribution is -2.59. The van der Waals surface area contributed by atoms with Gasteiger partial charge < -0.3 is 15.3 Å². The quantitative estimate of drug-likeness (QED) is 0.826. The van der Waals surface area contributed by atoms with Crippen molar-refractivity contribution in [2.24, 2.45) is 5.92 Å². The van der Waals surface area contributed by atoms with E-state index in [0.717, 1.165) is 50.4 Å². The average Bonchev–Trinajstić information content (AvgIpc) is 2.36. The second-order valence-electron chi connectivity index (χ2n) is 6.06. The highest BCUT2D eigenvalue weighted by molar-refractivity contribution is 5.85. The van der Waals surface area contributed by atoms with E-state index >= 15 is 0 Å². The average molecular weight is 334 g/mol. The molecule has 0 amide bonds. The maximum Gasteiger partial charge on any atom is 0.0733 e. The third-order valence-corrected chi connectivity index (χ3v) is 4.57. The highest BCUT2D eigenvalue weighted by Crippen LogP contribution is 2.34. The molecule has 3 rings (SSSR count). The van der Waals surface area contributed by atoms with E-state index in [0.29, 0.717) is 5.92 Å². The minimum atomic E-state index is -0.446. The number of halogens is 2. The number of aryl methyl sites for hydroxylation is 2. The van der Waals surface area contributed by atoms with Crippen molar-refractivity contribution < 1.29 is 5.11 Å². The van der Waals surface area contributed by atoms with Crippen molar-refractivity contribution in [1.82, 2.24) is 10.3 Å². The normalized spacial score (nSPS) is 28.1. The van der Waals surface area contributed by atoms with Crippen LogP contribution in [0.1, 0.15) is 24.2 Å². The summed E-state index contributed by atoms with van der Waals surface area (Å²) in [4.78, 5) is 6.83. The zero-order valence-electron chi connectivity index (χ0n) is 12.6. The molecule has 0 aliphatic carbocycles. The van der Waals surface area contributed by atoms with Gasteiger partial charge in [0.25, 0.3) is 0 Å². The maximum atomic E-state index is 10.7. The predicted octanol–water partition coefficient (Wildman–Crippen LogP) is 2.09. The summed E-state index contributed by atoms with van der Waals surface area (Å²) in [6.45, 7) is 7.83. The number of aliphatic hydroxyl groups is 1. The molecular weight excluding hydrogens is 309 g/mol. The van der Waals surface area contributed by atoms with E-state index in [9.17, 15) is 5.11 Å². The van der Waals surface area contributed by atoms with Crippen LogP contribution in [0.3, 0.4) is 0 Å². The number of aromatic nitrogens is 1. The summed E-state index contributed by atoms with van der Waals surface area (Å²) in [5.74, 6) is 0.337. The standard InChI is InChI=1S/C15H23N3O.2ClH/c1-11-7-14(8-12(2)17-11)18-6-4-15(19)3-5-16-9-13(15)10-18;;/h7-8,13,16,19H,3-6,9-10H2,1-2H3;2*1H/t13-,15-;;/m0../s1. The lowest BCUT2D eigenvalue weighted by Gasteiger charge is -2.48. The largest absolute Gasteiger partial charge is 0.389 e. The number of fused-ring (bicyclic) bond motifs is 1. The van der Waals surface area contributed by atoms with Gasteiger partial charge >= 0.3 is 0 Å². The van der Waals surface area contributed by atoms with E-state index in [4.69, 9.17) is 0 Å². The van der Waals surface area contributed by atoms with Crippen molar-refractivity contribution in [2.45, 2.75) is 32.3 Å². The topological polar surface area (TPSA) is 48.4 Å². The number of hydrogen-bond donors (Lipinski definition) is 2. The molecule has 0 spiro atoms. The first-order valence-electron chi connectivity index (χ1n) is 7.20. The molecule has 2 atom stereocenters. The molecule has 2 fully saturated rings. The molecule has 1 aromatic rings. The van der Waals surface area contributed by atoms with Crippen LogP contribution in [-0.2, 0) is 0 Å². The molecule has 3 heterocycles. The molecule has 2 saturated heterocycles. The minimum Gasteiger partial charge on any atom is -0.389 e. The Morgan fingerprint density at radius 2 is 1.90 bits per heavy atom. The fourth-order valence-corrected chi connectivity index (χ4v) is 3.45. The van der Waals surface area contributed by atoms with E-state index in [1.54, 1.807) is 0 Å². The van der Waals surface area contributed by atoms with Gasteiger partial charge in [-0.1, -0.05) is 0 Å². The highest BCUT2D eigenvalue weighted by Gasteiger charge is 2.42. The number of piperidine rings is 2. The summed E-state index contributed by atoms with van der Waals surface area (Å²) >= 11 is 0. The van der Waals surface area contributed by atoms with Gasteiger partial charge in [-0.15, -0.1) is 24.8 Å². The van der Waals surface area contributed by atoms with Gasteiger partial charge in [0.15, 0.2) is 0 Å². The summed E-state index contributed by atoms with van der Waals surface area (Å²) in [6.07, 6.45) is 1.76. The van der Waals surface area contributed by atoms with Crippen molar-refractivity contribution in [3.05, 3.63) is 23.5 Å². The monoisotopic (exact) mass is 333 g/mol. The van der Waals surface area contributed by atoms with Crippen LogP contribution in [0, 0.1) is 19.8 Å². The molecule has 6 heteroatoms. The van der Waals surface area contributed by atoms with Gasteiger partial charge in [0.1, 0.15) is 0 Å². The second kappa shape index (κ2) is 7.14. The smallest absolute Gasteiger partial charge is 0.0733 e. The summed E-state index contributed by atoms with van der Waals surface area (Å²) in [7, 11) is 0. The van der Waals surface area contributed by atoms with Gasteiger partial charge in [0.05, 0.1) is 5.60 Å². The van der Waals surface area contributed by atoms with E-state index in [1.807, 2.05) is 13.8 Å². The Kier molecular flexibility index (Phi) is 6.29. The Hall–Kier alpha value is -0.550. The molecule has 2 aliphatic rings. The molecule has 1 aromatic heterocycles. The lowest BCUT2D eigenvalue weighted by molar-refractivity contribution is -0.0538. The Balaban J connectivity index is 0.00000110. The number of rotatable bonds is 1. The van der Waals surface area contributed by atoms with Gasteiger partial charge in [-0.25, -0.2) is 0 Å². The fraction of sp³-hybridized carbons (Fsp3) is 0.667.